The van der Waals surface area contributed by atoms with Crippen molar-refractivity contribution >= 4 is 34.2 Å². The first-order chi connectivity index (χ1) is 9.15. The molecular weight excluding hydrogens is 279 g/mol. The van der Waals surface area contributed by atoms with E-state index < -0.39 is 0 Å². The summed E-state index contributed by atoms with van der Waals surface area (Å²) >= 11 is 12.6. The van der Waals surface area contributed by atoms with Crippen molar-refractivity contribution in [2.45, 2.75) is 51.5 Å². The van der Waals surface area contributed by atoms with Crippen molar-refractivity contribution in [3.8, 4) is 0 Å². The molecule has 0 saturated carbocycles. The second-order valence-electron chi connectivity index (χ2n) is 4.91. The maximum Gasteiger partial charge on any atom is 0.127 e. The highest BCUT2D eigenvalue weighted by molar-refractivity contribution is 6.35. The van der Waals surface area contributed by atoms with Gasteiger partial charge in [-0.25, -0.2) is 4.98 Å². The van der Waals surface area contributed by atoms with Gasteiger partial charge in [-0.2, -0.15) is 0 Å². The fraction of sp³-hybridized carbons (Fsp3) is 0.533. The molecule has 4 heteroatoms. The van der Waals surface area contributed by atoms with Crippen molar-refractivity contribution in [3.05, 3.63) is 29.0 Å². The van der Waals surface area contributed by atoms with Gasteiger partial charge in [-0.05, 0) is 25.5 Å². The van der Waals surface area contributed by atoms with E-state index in [1.54, 1.807) is 0 Å². The molecule has 0 aliphatic carbocycles. The van der Waals surface area contributed by atoms with Crippen LogP contribution in [0.2, 0.25) is 5.02 Å². The number of para-hydroxylation sites is 1. The fourth-order valence-corrected chi connectivity index (χ4v) is 2.82. The number of fused-ring (bicyclic) bond motifs is 1. The van der Waals surface area contributed by atoms with E-state index in [0.717, 1.165) is 34.8 Å². The average molecular weight is 299 g/mol. The van der Waals surface area contributed by atoms with Crippen molar-refractivity contribution in [1.82, 2.24) is 9.55 Å². The Morgan fingerprint density at radius 2 is 2.05 bits per heavy atom. The first-order valence-electron chi connectivity index (χ1n) is 6.94. The number of rotatable bonds is 6. The number of aromatic nitrogens is 2. The van der Waals surface area contributed by atoms with Gasteiger partial charge in [0.2, 0.25) is 0 Å². The lowest BCUT2D eigenvalue weighted by molar-refractivity contribution is 0.574. The topological polar surface area (TPSA) is 17.8 Å². The minimum Gasteiger partial charge on any atom is -0.326 e. The SMILES string of the molecule is CCCCCCn1c(C(C)Cl)nc2cccc(Cl)c21. The minimum absolute atomic E-state index is 0.102. The molecule has 0 bridgehead atoms. The maximum absolute atomic E-state index is 6.32. The van der Waals surface area contributed by atoms with Gasteiger partial charge in [-0.1, -0.05) is 43.9 Å². The molecule has 0 saturated heterocycles. The number of benzene rings is 1. The summed E-state index contributed by atoms with van der Waals surface area (Å²) in [6.45, 7) is 5.11. The molecule has 1 heterocycles. The summed E-state index contributed by atoms with van der Waals surface area (Å²) in [5.41, 5.74) is 1.95. The molecular formula is C15H20Cl2N2. The Balaban J connectivity index is 2.34. The van der Waals surface area contributed by atoms with Crippen LogP contribution in [0, 0.1) is 0 Å². The zero-order valence-electron chi connectivity index (χ0n) is 11.5. The summed E-state index contributed by atoms with van der Waals surface area (Å²) in [5.74, 6) is 0.918. The van der Waals surface area contributed by atoms with Crippen molar-refractivity contribution in [2.24, 2.45) is 0 Å². The van der Waals surface area contributed by atoms with Gasteiger partial charge in [0.1, 0.15) is 5.82 Å². The van der Waals surface area contributed by atoms with E-state index in [1.165, 1.54) is 19.3 Å². The number of hydrogen-bond donors (Lipinski definition) is 0. The van der Waals surface area contributed by atoms with Gasteiger partial charge in [0, 0.05) is 6.54 Å². The molecule has 1 unspecified atom stereocenters. The molecule has 1 atom stereocenters. The van der Waals surface area contributed by atoms with Gasteiger partial charge in [-0.15, -0.1) is 11.6 Å². The summed E-state index contributed by atoms with van der Waals surface area (Å²) < 4.78 is 2.19. The smallest absolute Gasteiger partial charge is 0.127 e. The maximum atomic E-state index is 6.32. The quantitative estimate of drug-likeness (QED) is 0.503. The number of nitrogens with zero attached hydrogens (tertiary/aromatic N) is 2. The number of hydrogen-bond acceptors (Lipinski definition) is 1. The van der Waals surface area contributed by atoms with Crippen molar-refractivity contribution in [2.75, 3.05) is 0 Å². The van der Waals surface area contributed by atoms with Crippen molar-refractivity contribution < 1.29 is 0 Å². The number of imidazole rings is 1. The molecule has 0 N–H and O–H groups in total. The number of halogens is 2. The average Bonchev–Trinajstić information content (AvgIpc) is 2.75. The van der Waals surface area contributed by atoms with Crippen LogP contribution >= 0.6 is 23.2 Å². The lowest BCUT2D eigenvalue weighted by Gasteiger charge is -2.11. The van der Waals surface area contributed by atoms with Gasteiger partial charge >= 0.3 is 0 Å². The summed E-state index contributed by atoms with van der Waals surface area (Å²) in [4.78, 5) is 4.62. The van der Waals surface area contributed by atoms with Gasteiger partial charge < -0.3 is 4.57 Å². The largest absolute Gasteiger partial charge is 0.326 e. The monoisotopic (exact) mass is 298 g/mol. The van der Waals surface area contributed by atoms with Crippen LogP contribution in [0.4, 0.5) is 0 Å². The predicted molar refractivity (Wildman–Crippen MR) is 83.2 cm³/mol. The molecule has 2 rings (SSSR count). The normalized spacial score (nSPS) is 13.1. The van der Waals surface area contributed by atoms with Crippen molar-refractivity contribution in [1.29, 1.82) is 0 Å². The molecule has 0 radical (unpaired) electrons. The first kappa shape index (κ1) is 14.7. The number of alkyl halides is 1. The van der Waals surface area contributed by atoms with E-state index in [4.69, 9.17) is 23.2 Å². The summed E-state index contributed by atoms with van der Waals surface area (Å²) in [7, 11) is 0. The Hall–Kier alpha value is -0.730. The van der Waals surface area contributed by atoms with Gasteiger partial charge in [0.05, 0.1) is 21.4 Å². The molecule has 1 aromatic carbocycles. The molecule has 2 nitrogen and oxygen atoms in total. The van der Waals surface area contributed by atoms with Crippen molar-refractivity contribution in [3.63, 3.8) is 0 Å². The lowest BCUT2D eigenvalue weighted by atomic mass is 10.2. The van der Waals surface area contributed by atoms with E-state index in [0.29, 0.717) is 0 Å². The van der Waals surface area contributed by atoms with Gasteiger partial charge in [0.25, 0.3) is 0 Å². The van der Waals surface area contributed by atoms with E-state index >= 15 is 0 Å². The third-order valence-electron chi connectivity index (χ3n) is 3.34. The van der Waals surface area contributed by atoms with E-state index in [-0.39, 0.29) is 5.38 Å². The van der Waals surface area contributed by atoms with Gasteiger partial charge in [-0.3, -0.25) is 0 Å². The summed E-state index contributed by atoms with van der Waals surface area (Å²) in [5, 5.41) is 0.652. The first-order valence-corrected chi connectivity index (χ1v) is 7.75. The van der Waals surface area contributed by atoms with E-state index in [1.807, 2.05) is 25.1 Å². The molecule has 104 valence electrons. The second kappa shape index (κ2) is 6.62. The van der Waals surface area contributed by atoms with Crippen LogP contribution in [0.3, 0.4) is 0 Å². The molecule has 0 spiro atoms. The van der Waals surface area contributed by atoms with E-state index in [9.17, 15) is 0 Å². The highest BCUT2D eigenvalue weighted by atomic mass is 35.5. The molecule has 0 aliphatic heterocycles. The Labute approximate surface area is 124 Å². The Morgan fingerprint density at radius 1 is 1.26 bits per heavy atom. The molecule has 1 aromatic heterocycles. The minimum atomic E-state index is -0.102. The molecule has 19 heavy (non-hydrogen) atoms. The molecule has 0 fully saturated rings. The predicted octanol–water partition coefficient (Wildman–Crippen LogP) is 5.57. The zero-order valence-corrected chi connectivity index (χ0v) is 13.0. The second-order valence-corrected chi connectivity index (χ2v) is 5.97. The summed E-state index contributed by atoms with van der Waals surface area (Å²) in [6, 6.07) is 5.84. The third-order valence-corrected chi connectivity index (χ3v) is 3.84. The lowest BCUT2D eigenvalue weighted by Crippen LogP contribution is -2.05. The van der Waals surface area contributed by atoms with Crippen LogP contribution < -0.4 is 0 Å². The van der Waals surface area contributed by atoms with Crippen LogP contribution in [0.5, 0.6) is 0 Å². The third kappa shape index (κ3) is 3.24. The molecule has 0 amide bonds. The Morgan fingerprint density at radius 3 is 2.74 bits per heavy atom. The number of aryl methyl sites for hydroxylation is 1. The highest BCUT2D eigenvalue weighted by Gasteiger charge is 2.16. The van der Waals surface area contributed by atoms with Crippen LogP contribution in [-0.2, 0) is 6.54 Å². The standard InChI is InChI=1S/C15H20Cl2N2/c1-3-4-5-6-10-19-14-12(17)8-7-9-13(14)18-15(19)11(2)16/h7-9,11H,3-6,10H2,1-2H3. The van der Waals surface area contributed by atoms with E-state index in [2.05, 4.69) is 16.5 Å². The fourth-order valence-electron chi connectivity index (χ4n) is 2.39. The van der Waals surface area contributed by atoms with Gasteiger partial charge in [0.15, 0.2) is 0 Å². The Kier molecular flexibility index (Phi) is 5.12. The molecule has 0 aliphatic rings. The van der Waals surface area contributed by atoms with Crippen LogP contribution in [0.15, 0.2) is 18.2 Å². The van der Waals surface area contributed by atoms with Crippen LogP contribution in [0.1, 0.15) is 50.7 Å². The zero-order chi connectivity index (χ0) is 13.8. The Bertz CT molecular complexity index is 546. The highest BCUT2D eigenvalue weighted by Crippen LogP contribution is 2.29. The summed E-state index contributed by atoms with van der Waals surface area (Å²) in [6.07, 6.45) is 4.88. The number of unbranched alkanes of at least 4 members (excludes halogenated alkanes) is 3. The van der Waals surface area contributed by atoms with Crippen LogP contribution in [-0.4, -0.2) is 9.55 Å². The molecule has 2 aromatic rings. The van der Waals surface area contributed by atoms with Crippen LogP contribution in [0.25, 0.3) is 11.0 Å².